The molecule has 0 atom stereocenters. The van der Waals surface area contributed by atoms with Gasteiger partial charge in [0.1, 0.15) is 0 Å². The Morgan fingerprint density at radius 3 is 2.44 bits per heavy atom. The van der Waals surface area contributed by atoms with Crippen LogP contribution in [0.4, 0.5) is 16.4 Å². The van der Waals surface area contributed by atoms with E-state index in [0.717, 1.165) is 35.8 Å². The van der Waals surface area contributed by atoms with Crippen LogP contribution in [0.2, 0.25) is 0 Å². The number of para-hydroxylation sites is 2. The van der Waals surface area contributed by atoms with E-state index in [9.17, 15) is 4.79 Å². The van der Waals surface area contributed by atoms with Gasteiger partial charge < -0.3 is 19.7 Å². The molecule has 6 heteroatoms. The predicted octanol–water partition coefficient (Wildman–Crippen LogP) is 3.54. The topological polar surface area (TPSA) is 53.4 Å². The average Bonchev–Trinajstić information content (AvgIpc) is 3.02. The van der Waals surface area contributed by atoms with E-state index in [4.69, 9.17) is 4.98 Å². The van der Waals surface area contributed by atoms with Crippen LogP contribution in [0.3, 0.4) is 0 Å². The first-order valence-electron chi connectivity index (χ1n) is 9.32. The Balaban J connectivity index is 1.41. The molecule has 1 saturated heterocycles. The highest BCUT2D eigenvalue weighted by Gasteiger charge is 2.24. The largest absolute Gasteiger partial charge is 0.339 e. The van der Waals surface area contributed by atoms with Crippen LogP contribution in [0.1, 0.15) is 11.1 Å². The summed E-state index contributed by atoms with van der Waals surface area (Å²) in [6, 6.07) is 14.1. The van der Waals surface area contributed by atoms with E-state index in [0.29, 0.717) is 13.1 Å². The fourth-order valence-corrected chi connectivity index (χ4v) is 3.55. The number of nitrogens with zero attached hydrogens (tertiary/aromatic N) is 4. The number of hydrogen-bond acceptors (Lipinski definition) is 3. The van der Waals surface area contributed by atoms with Gasteiger partial charge in [-0.15, -0.1) is 0 Å². The molecule has 1 aromatic heterocycles. The summed E-state index contributed by atoms with van der Waals surface area (Å²) in [6.07, 6.45) is 0. The highest BCUT2D eigenvalue weighted by Crippen LogP contribution is 2.22. The molecule has 3 aromatic rings. The van der Waals surface area contributed by atoms with E-state index < -0.39 is 0 Å². The quantitative estimate of drug-likeness (QED) is 0.758. The van der Waals surface area contributed by atoms with Crippen molar-refractivity contribution in [3.8, 4) is 0 Å². The number of imidazole rings is 1. The van der Waals surface area contributed by atoms with E-state index >= 15 is 0 Å². The van der Waals surface area contributed by atoms with Crippen molar-refractivity contribution >= 4 is 28.7 Å². The number of rotatable bonds is 2. The van der Waals surface area contributed by atoms with Gasteiger partial charge in [-0.25, -0.2) is 9.78 Å². The third-order valence-corrected chi connectivity index (χ3v) is 5.37. The van der Waals surface area contributed by atoms with Gasteiger partial charge in [-0.3, -0.25) is 0 Å². The Hall–Kier alpha value is -3.02. The maximum Gasteiger partial charge on any atom is 0.321 e. The van der Waals surface area contributed by atoms with Gasteiger partial charge in [-0.05, 0) is 49.2 Å². The Morgan fingerprint density at radius 1 is 1.00 bits per heavy atom. The van der Waals surface area contributed by atoms with Crippen LogP contribution in [0.5, 0.6) is 0 Å². The Morgan fingerprint density at radius 2 is 1.74 bits per heavy atom. The van der Waals surface area contributed by atoms with Crippen molar-refractivity contribution in [3.05, 3.63) is 53.6 Å². The first-order chi connectivity index (χ1) is 13.0. The number of aromatic nitrogens is 2. The summed E-state index contributed by atoms with van der Waals surface area (Å²) < 4.78 is 2.13. The molecule has 4 rings (SSSR count). The summed E-state index contributed by atoms with van der Waals surface area (Å²) in [5.41, 5.74) is 5.39. The summed E-state index contributed by atoms with van der Waals surface area (Å²) in [4.78, 5) is 21.5. The highest BCUT2D eigenvalue weighted by molar-refractivity contribution is 5.89. The molecule has 0 saturated carbocycles. The lowest BCUT2D eigenvalue weighted by atomic mass is 10.1. The molecule has 6 nitrogen and oxygen atoms in total. The summed E-state index contributed by atoms with van der Waals surface area (Å²) in [5.74, 6) is 0.963. The number of piperazine rings is 1. The van der Waals surface area contributed by atoms with E-state index in [1.165, 1.54) is 11.1 Å². The third kappa shape index (κ3) is 3.35. The van der Waals surface area contributed by atoms with E-state index in [1.54, 1.807) is 0 Å². The molecule has 2 amide bonds. The van der Waals surface area contributed by atoms with Gasteiger partial charge in [0.15, 0.2) is 0 Å². The van der Waals surface area contributed by atoms with Crippen molar-refractivity contribution in [2.45, 2.75) is 13.8 Å². The van der Waals surface area contributed by atoms with E-state index in [2.05, 4.69) is 34.7 Å². The summed E-state index contributed by atoms with van der Waals surface area (Å²) in [6.45, 7) is 7.04. The summed E-state index contributed by atoms with van der Waals surface area (Å²) >= 11 is 0. The number of fused-ring (bicyclic) bond motifs is 1. The van der Waals surface area contributed by atoms with Crippen molar-refractivity contribution in [2.24, 2.45) is 7.05 Å². The maximum atomic E-state index is 12.6. The Bertz CT molecular complexity index is 985. The molecule has 0 bridgehead atoms. The predicted molar refractivity (Wildman–Crippen MR) is 109 cm³/mol. The minimum atomic E-state index is -0.0390. The molecule has 1 fully saturated rings. The van der Waals surface area contributed by atoms with Crippen molar-refractivity contribution < 1.29 is 4.79 Å². The summed E-state index contributed by atoms with van der Waals surface area (Å²) in [5, 5.41) is 3.01. The molecular weight excluding hydrogens is 338 g/mol. The van der Waals surface area contributed by atoms with Crippen LogP contribution in [-0.2, 0) is 7.05 Å². The first-order valence-corrected chi connectivity index (χ1v) is 9.32. The van der Waals surface area contributed by atoms with Crippen molar-refractivity contribution in [2.75, 3.05) is 36.4 Å². The number of benzene rings is 2. The lowest BCUT2D eigenvalue weighted by Gasteiger charge is -2.35. The SMILES string of the molecule is Cc1ccc(NC(=O)N2CCN(c3nc4ccccc4n3C)CC2)cc1C. The highest BCUT2D eigenvalue weighted by atomic mass is 16.2. The van der Waals surface area contributed by atoms with E-state index in [1.807, 2.05) is 48.3 Å². The number of nitrogens with one attached hydrogen (secondary N) is 1. The van der Waals surface area contributed by atoms with Crippen LogP contribution in [0.25, 0.3) is 11.0 Å². The molecule has 0 unspecified atom stereocenters. The molecule has 0 aliphatic carbocycles. The Kier molecular flexibility index (Phi) is 4.48. The molecule has 0 spiro atoms. The van der Waals surface area contributed by atoms with Gasteiger partial charge in [0, 0.05) is 38.9 Å². The second kappa shape index (κ2) is 6.95. The van der Waals surface area contributed by atoms with Crippen LogP contribution in [0, 0.1) is 13.8 Å². The zero-order chi connectivity index (χ0) is 19.0. The maximum absolute atomic E-state index is 12.6. The number of urea groups is 1. The average molecular weight is 363 g/mol. The van der Waals surface area contributed by atoms with Crippen molar-refractivity contribution in [1.29, 1.82) is 0 Å². The lowest BCUT2D eigenvalue weighted by molar-refractivity contribution is 0.208. The minimum Gasteiger partial charge on any atom is -0.339 e. The molecule has 27 heavy (non-hydrogen) atoms. The number of carbonyl (C=O) groups is 1. The molecule has 1 aliphatic heterocycles. The van der Waals surface area contributed by atoms with Gasteiger partial charge in [-0.2, -0.15) is 0 Å². The van der Waals surface area contributed by atoms with Gasteiger partial charge in [0.05, 0.1) is 11.0 Å². The number of anilines is 2. The molecule has 140 valence electrons. The second-order valence-electron chi connectivity index (χ2n) is 7.16. The zero-order valence-corrected chi connectivity index (χ0v) is 16.1. The van der Waals surface area contributed by atoms with E-state index in [-0.39, 0.29) is 6.03 Å². The molecule has 2 heterocycles. The van der Waals surface area contributed by atoms with Crippen LogP contribution < -0.4 is 10.2 Å². The zero-order valence-electron chi connectivity index (χ0n) is 16.1. The van der Waals surface area contributed by atoms with Crippen molar-refractivity contribution in [3.63, 3.8) is 0 Å². The first kappa shape index (κ1) is 17.4. The fraction of sp³-hybridized carbons (Fsp3) is 0.333. The standard InChI is InChI=1S/C21H25N5O/c1-15-8-9-17(14-16(15)2)22-21(27)26-12-10-25(11-13-26)20-23-18-6-4-5-7-19(18)24(20)3/h4-9,14H,10-13H2,1-3H3,(H,22,27). The smallest absolute Gasteiger partial charge is 0.321 e. The molecule has 2 aromatic carbocycles. The number of carbonyl (C=O) groups excluding carboxylic acids is 1. The molecule has 1 aliphatic rings. The monoisotopic (exact) mass is 363 g/mol. The van der Waals surface area contributed by atoms with Gasteiger partial charge in [-0.1, -0.05) is 18.2 Å². The number of hydrogen-bond donors (Lipinski definition) is 1. The van der Waals surface area contributed by atoms with Gasteiger partial charge in [0.2, 0.25) is 5.95 Å². The molecule has 1 N–H and O–H groups in total. The second-order valence-corrected chi connectivity index (χ2v) is 7.16. The van der Waals surface area contributed by atoms with Crippen LogP contribution in [0.15, 0.2) is 42.5 Å². The van der Waals surface area contributed by atoms with Gasteiger partial charge in [0.25, 0.3) is 0 Å². The third-order valence-electron chi connectivity index (χ3n) is 5.37. The molecular formula is C21H25N5O. The summed E-state index contributed by atoms with van der Waals surface area (Å²) in [7, 11) is 2.05. The minimum absolute atomic E-state index is 0.0390. The van der Waals surface area contributed by atoms with Crippen LogP contribution >= 0.6 is 0 Å². The van der Waals surface area contributed by atoms with Crippen molar-refractivity contribution in [1.82, 2.24) is 14.5 Å². The van der Waals surface area contributed by atoms with Gasteiger partial charge >= 0.3 is 6.03 Å². The van der Waals surface area contributed by atoms with Crippen LogP contribution in [-0.4, -0.2) is 46.7 Å². The lowest BCUT2D eigenvalue weighted by Crippen LogP contribution is -2.50. The normalized spacial score (nSPS) is 14.6. The number of aryl methyl sites for hydroxylation is 3. The number of amides is 2. The Labute approximate surface area is 159 Å². The fourth-order valence-electron chi connectivity index (χ4n) is 3.55. The molecule has 0 radical (unpaired) electrons.